The molecule has 6 aliphatic rings. The van der Waals surface area contributed by atoms with Gasteiger partial charge in [0.05, 0.1) is 27.9 Å². The summed E-state index contributed by atoms with van der Waals surface area (Å²) in [6.45, 7) is 6.79. The van der Waals surface area contributed by atoms with Gasteiger partial charge in [0.2, 0.25) is 11.8 Å². The highest BCUT2D eigenvalue weighted by atomic mass is 79.9. The molecule has 4 aromatic rings. The van der Waals surface area contributed by atoms with Crippen LogP contribution in [0, 0.1) is 23.0 Å². The first kappa shape index (κ1) is 37.1. The summed E-state index contributed by atoms with van der Waals surface area (Å²) < 4.78 is 33.7. The maximum absolute atomic E-state index is 15.3. The van der Waals surface area contributed by atoms with Crippen molar-refractivity contribution in [1.82, 2.24) is 19.8 Å². The molecule has 9 nitrogen and oxygen atoms in total. The highest BCUT2D eigenvalue weighted by molar-refractivity contribution is 9.10. The Morgan fingerprint density at radius 3 is 2.26 bits per heavy atom. The maximum Gasteiger partial charge on any atom is 0.281 e. The molecule has 57 heavy (non-hydrogen) atoms. The van der Waals surface area contributed by atoms with E-state index in [1.807, 2.05) is 12.1 Å². The minimum absolute atomic E-state index is 0.0768. The summed E-state index contributed by atoms with van der Waals surface area (Å²) in [7, 11) is 0. The van der Waals surface area contributed by atoms with Gasteiger partial charge >= 0.3 is 0 Å². The number of nitrogens with zero attached hydrogens (tertiary/aromatic N) is 5. The van der Waals surface area contributed by atoms with E-state index in [9.17, 15) is 14.4 Å². The average molecular weight is 840 g/mol. The van der Waals surface area contributed by atoms with Gasteiger partial charge in [0.15, 0.2) is 0 Å². The van der Waals surface area contributed by atoms with Crippen LogP contribution in [0.25, 0.3) is 16.6 Å². The summed E-state index contributed by atoms with van der Waals surface area (Å²) in [5, 5.41) is 2.86. The molecule has 4 saturated heterocycles. The largest absolute Gasteiger partial charge is 0.371 e. The standard InChI is InChI=1S/C45H49BrF2N6O3/c46-33-5-4-6-36-40(33)42(57)50-43-45(13-2-1-3-14-45)32-9-7-29(25-37(32)54(36)43)52-18-11-28(12-19-52)26-51-20-15-44(27-51)16-21-53(22-17-44)30-23-34(47)39(35(48)24-30)31-8-10-38(55)49-41(31)56/h4-7,9,23-25,28,31H,1-3,8,10-22,26-27H2,(H,49,55,56). The zero-order valence-corrected chi connectivity index (χ0v) is 33.9. The van der Waals surface area contributed by atoms with E-state index in [1.54, 1.807) is 0 Å². The summed E-state index contributed by atoms with van der Waals surface area (Å²) in [4.78, 5) is 49.4. The molecule has 5 aliphatic heterocycles. The van der Waals surface area contributed by atoms with E-state index in [2.05, 4.69) is 64.8 Å². The van der Waals surface area contributed by atoms with Crippen molar-refractivity contribution >= 4 is 50.0 Å². The van der Waals surface area contributed by atoms with Crippen molar-refractivity contribution in [2.24, 2.45) is 11.3 Å². The van der Waals surface area contributed by atoms with Gasteiger partial charge in [0, 0.05) is 67.1 Å². The molecule has 0 radical (unpaired) electrons. The topological polar surface area (TPSA) is 90.8 Å². The summed E-state index contributed by atoms with van der Waals surface area (Å²) in [5.74, 6) is -1.90. The number of piperidine rings is 3. The fourth-order valence-electron chi connectivity index (χ4n) is 11.5. The van der Waals surface area contributed by atoms with Crippen LogP contribution in [0.4, 0.5) is 20.2 Å². The van der Waals surface area contributed by atoms with Gasteiger partial charge in [-0.25, -0.2) is 8.78 Å². The number of benzene rings is 3. The van der Waals surface area contributed by atoms with Crippen LogP contribution >= 0.6 is 15.9 Å². The van der Waals surface area contributed by atoms with Crippen molar-refractivity contribution in [3.63, 3.8) is 0 Å². The van der Waals surface area contributed by atoms with Crippen LogP contribution in [0.15, 0.2) is 57.8 Å². The highest BCUT2D eigenvalue weighted by Crippen LogP contribution is 2.52. The minimum Gasteiger partial charge on any atom is -0.371 e. The first-order chi connectivity index (χ1) is 27.6. The summed E-state index contributed by atoms with van der Waals surface area (Å²) in [6, 6.07) is 15.7. The number of hydrogen-bond acceptors (Lipinski definition) is 7. The van der Waals surface area contributed by atoms with Gasteiger partial charge in [-0.1, -0.05) is 31.4 Å². The quantitative estimate of drug-likeness (QED) is 0.206. The fourth-order valence-corrected chi connectivity index (χ4v) is 12.0. The van der Waals surface area contributed by atoms with Crippen LogP contribution in [-0.4, -0.2) is 72.1 Å². The predicted molar refractivity (Wildman–Crippen MR) is 220 cm³/mol. The lowest BCUT2D eigenvalue weighted by atomic mass is 9.70. The number of carbonyl (C=O) groups is 2. The number of likely N-dealkylation sites (tertiary alicyclic amines) is 1. The Kier molecular flexibility index (Phi) is 9.31. The molecule has 3 aromatic carbocycles. The van der Waals surface area contributed by atoms with E-state index >= 15 is 8.78 Å². The number of nitrogens with one attached hydrogen (secondary N) is 1. The van der Waals surface area contributed by atoms with Gasteiger partial charge in [-0.05, 0) is 127 Å². The van der Waals surface area contributed by atoms with Crippen LogP contribution in [0.5, 0.6) is 0 Å². The van der Waals surface area contributed by atoms with Crippen LogP contribution in [-0.2, 0) is 15.0 Å². The molecule has 1 aliphatic carbocycles. The normalized spacial score (nSPS) is 23.4. The molecule has 1 aromatic heterocycles. The third kappa shape index (κ3) is 6.31. The number of imide groups is 1. The molecule has 1 unspecified atom stereocenters. The zero-order valence-electron chi connectivity index (χ0n) is 32.3. The van der Waals surface area contributed by atoms with E-state index in [4.69, 9.17) is 4.98 Å². The second kappa shape index (κ2) is 14.3. The molecule has 5 fully saturated rings. The molecule has 1 atom stereocenters. The zero-order chi connectivity index (χ0) is 39.1. The Morgan fingerprint density at radius 1 is 0.807 bits per heavy atom. The second-order valence-corrected chi connectivity index (χ2v) is 18.6. The van der Waals surface area contributed by atoms with Crippen LogP contribution in [0.1, 0.15) is 99.9 Å². The minimum atomic E-state index is -0.986. The maximum atomic E-state index is 15.3. The lowest BCUT2D eigenvalue weighted by Crippen LogP contribution is -2.43. The van der Waals surface area contributed by atoms with Crippen molar-refractivity contribution in [1.29, 1.82) is 0 Å². The number of rotatable bonds is 5. The highest BCUT2D eigenvalue weighted by Gasteiger charge is 2.47. The first-order valence-electron chi connectivity index (χ1n) is 21.0. The Balaban J connectivity index is 0.779. The molecule has 0 bridgehead atoms. The van der Waals surface area contributed by atoms with E-state index in [-0.39, 0.29) is 34.8 Å². The molecule has 6 heterocycles. The van der Waals surface area contributed by atoms with Crippen molar-refractivity contribution in [3.8, 4) is 5.69 Å². The number of fused-ring (bicyclic) bond motifs is 7. The molecule has 298 valence electrons. The second-order valence-electron chi connectivity index (χ2n) is 17.8. The molecule has 1 saturated carbocycles. The predicted octanol–water partition coefficient (Wildman–Crippen LogP) is 7.72. The summed E-state index contributed by atoms with van der Waals surface area (Å²) in [5.41, 5.74) is 4.82. The first-order valence-corrected chi connectivity index (χ1v) is 21.8. The molecule has 2 spiro atoms. The monoisotopic (exact) mass is 838 g/mol. The molecular formula is C45H49BrF2N6O3. The third-order valence-corrected chi connectivity index (χ3v) is 15.3. The number of aromatic nitrogens is 2. The van der Waals surface area contributed by atoms with E-state index < -0.39 is 29.4 Å². The molecule has 10 rings (SSSR count). The summed E-state index contributed by atoms with van der Waals surface area (Å²) >= 11 is 3.64. The Bertz CT molecular complexity index is 2320. The van der Waals surface area contributed by atoms with Crippen molar-refractivity contribution < 1.29 is 18.4 Å². The fraction of sp³-hybridized carbons (Fsp3) is 0.511. The van der Waals surface area contributed by atoms with E-state index in [0.29, 0.717) is 17.0 Å². The van der Waals surface area contributed by atoms with Crippen LogP contribution in [0.3, 0.4) is 0 Å². The molecule has 2 amide bonds. The van der Waals surface area contributed by atoms with Gasteiger partial charge in [-0.2, -0.15) is 4.98 Å². The summed E-state index contributed by atoms with van der Waals surface area (Å²) in [6.07, 6.45) is 11.2. The Hall–Kier alpha value is -4.16. The third-order valence-electron chi connectivity index (χ3n) is 14.6. The number of carbonyl (C=O) groups excluding carboxylic acids is 2. The van der Waals surface area contributed by atoms with Gasteiger partial charge < -0.3 is 14.7 Å². The smallest absolute Gasteiger partial charge is 0.281 e. The number of amides is 2. The number of halogens is 3. The van der Waals surface area contributed by atoms with Crippen molar-refractivity contribution in [2.45, 2.75) is 88.4 Å². The molecule has 12 heteroatoms. The van der Waals surface area contributed by atoms with Gasteiger partial charge in [-0.15, -0.1) is 0 Å². The van der Waals surface area contributed by atoms with E-state index in [0.717, 1.165) is 119 Å². The van der Waals surface area contributed by atoms with Gasteiger partial charge in [0.1, 0.15) is 17.5 Å². The van der Waals surface area contributed by atoms with E-state index in [1.165, 1.54) is 35.5 Å². The lowest BCUT2D eigenvalue weighted by Gasteiger charge is -2.41. The van der Waals surface area contributed by atoms with Gasteiger partial charge in [-0.3, -0.25) is 24.3 Å². The van der Waals surface area contributed by atoms with Crippen LogP contribution in [0.2, 0.25) is 0 Å². The average Bonchev–Trinajstić information content (AvgIpc) is 3.71. The Morgan fingerprint density at radius 2 is 1.53 bits per heavy atom. The number of anilines is 2. The Labute approximate surface area is 339 Å². The molecular weight excluding hydrogens is 790 g/mol. The van der Waals surface area contributed by atoms with Crippen LogP contribution < -0.4 is 20.7 Å². The van der Waals surface area contributed by atoms with Crippen molar-refractivity contribution in [3.05, 3.63) is 91.9 Å². The SMILES string of the molecule is O=C1CCC(c2c(F)cc(N3CCC4(CCN(CC5CCN(c6ccc7c(c6)-n6c(nc(=O)c8c(Br)cccc86)C76CCCCC6)CC5)C4)CC3)cc2F)C(=O)N1. The number of hydrogen-bond donors (Lipinski definition) is 1. The van der Waals surface area contributed by atoms with Crippen molar-refractivity contribution in [2.75, 3.05) is 55.6 Å². The van der Waals surface area contributed by atoms with Gasteiger partial charge in [0.25, 0.3) is 5.56 Å². The molecule has 1 N–H and O–H groups in total. The lowest BCUT2D eigenvalue weighted by molar-refractivity contribution is -0.134.